The minimum Gasteiger partial charge on any atom is -0.489 e. The highest BCUT2D eigenvalue weighted by molar-refractivity contribution is 5.31. The molecule has 2 rings (SSSR count). The second kappa shape index (κ2) is 6.48. The fraction of sp³-hybridized carbons (Fsp3) is 0.188. The Balaban J connectivity index is 2.09. The summed E-state index contributed by atoms with van der Waals surface area (Å²) >= 11 is 0. The van der Waals surface area contributed by atoms with Crippen molar-refractivity contribution in [2.75, 3.05) is 0 Å². The predicted octanol–water partition coefficient (Wildman–Crippen LogP) is 3.91. The molecule has 0 aliphatic carbocycles. The van der Waals surface area contributed by atoms with Crippen molar-refractivity contribution in [3.63, 3.8) is 0 Å². The summed E-state index contributed by atoms with van der Waals surface area (Å²) in [6, 6.07) is 15.8. The highest BCUT2D eigenvalue weighted by atomic mass is 16.5. The van der Waals surface area contributed by atoms with Gasteiger partial charge < -0.3 is 4.74 Å². The molecule has 0 N–H and O–H groups in total. The van der Waals surface area contributed by atoms with E-state index in [0.29, 0.717) is 12.2 Å². The molecule has 2 aromatic carbocycles. The molecule has 1 atom stereocenters. The lowest BCUT2D eigenvalue weighted by Gasteiger charge is -2.08. The first-order valence-electron chi connectivity index (χ1n) is 6.23. The highest BCUT2D eigenvalue weighted by Crippen LogP contribution is 2.19. The van der Waals surface area contributed by atoms with Crippen molar-refractivity contribution in [1.29, 1.82) is 5.26 Å². The van der Waals surface area contributed by atoms with Crippen molar-refractivity contribution in [3.8, 4) is 11.8 Å². The lowest BCUT2D eigenvalue weighted by atomic mass is 10.1. The summed E-state index contributed by atoms with van der Waals surface area (Å²) in [5, 5.41) is 11.6. The maximum Gasteiger partial charge on any atom is 0.203 e. The summed E-state index contributed by atoms with van der Waals surface area (Å²) < 4.78 is 5.68. The van der Waals surface area contributed by atoms with Crippen LogP contribution in [0.3, 0.4) is 0 Å². The second-order valence-electron chi connectivity index (χ2n) is 4.49. The van der Waals surface area contributed by atoms with E-state index >= 15 is 0 Å². The van der Waals surface area contributed by atoms with E-state index in [4.69, 9.17) is 10.00 Å². The van der Waals surface area contributed by atoms with Crippen LogP contribution in [0.15, 0.2) is 53.7 Å². The molecule has 20 heavy (non-hydrogen) atoms. The Hall–Kier alpha value is -2.67. The summed E-state index contributed by atoms with van der Waals surface area (Å²) in [7, 11) is 0. The van der Waals surface area contributed by atoms with Crippen molar-refractivity contribution in [3.05, 3.63) is 70.1 Å². The smallest absolute Gasteiger partial charge is 0.203 e. The molecule has 0 amide bonds. The van der Waals surface area contributed by atoms with Gasteiger partial charge in [0.2, 0.25) is 6.04 Å². The van der Waals surface area contributed by atoms with Crippen LogP contribution in [0.25, 0.3) is 0 Å². The van der Waals surface area contributed by atoms with E-state index < -0.39 is 6.04 Å². The number of nitroso groups, excluding NO2 is 1. The fourth-order valence-electron chi connectivity index (χ4n) is 1.88. The van der Waals surface area contributed by atoms with Gasteiger partial charge in [0.15, 0.2) is 0 Å². The second-order valence-corrected chi connectivity index (χ2v) is 4.49. The van der Waals surface area contributed by atoms with Gasteiger partial charge >= 0.3 is 0 Å². The van der Waals surface area contributed by atoms with Gasteiger partial charge in [0.05, 0.1) is 6.07 Å². The van der Waals surface area contributed by atoms with Crippen LogP contribution in [0.5, 0.6) is 5.75 Å². The van der Waals surface area contributed by atoms with E-state index in [1.54, 1.807) is 18.2 Å². The van der Waals surface area contributed by atoms with Crippen LogP contribution < -0.4 is 4.74 Å². The van der Waals surface area contributed by atoms with E-state index in [1.165, 1.54) is 0 Å². The lowest BCUT2D eigenvalue weighted by Crippen LogP contribution is -1.98. The molecule has 0 bridgehead atoms. The molecule has 0 aliphatic heterocycles. The van der Waals surface area contributed by atoms with Gasteiger partial charge in [0.1, 0.15) is 12.4 Å². The summed E-state index contributed by atoms with van der Waals surface area (Å²) in [5.41, 5.74) is 2.62. The van der Waals surface area contributed by atoms with E-state index in [1.807, 2.05) is 43.3 Å². The third kappa shape index (κ3) is 3.42. The number of aryl methyl sites for hydroxylation is 1. The number of benzene rings is 2. The van der Waals surface area contributed by atoms with Gasteiger partial charge in [-0.2, -0.15) is 5.26 Å². The first-order chi connectivity index (χ1) is 9.72. The average Bonchev–Trinajstić information content (AvgIpc) is 2.47. The molecule has 0 aromatic heterocycles. The molecule has 0 radical (unpaired) electrons. The van der Waals surface area contributed by atoms with Crippen LogP contribution in [-0.2, 0) is 6.61 Å². The molecule has 0 heterocycles. The fourth-order valence-corrected chi connectivity index (χ4v) is 1.88. The normalized spacial score (nSPS) is 11.4. The molecule has 4 nitrogen and oxygen atoms in total. The van der Waals surface area contributed by atoms with Gasteiger partial charge in [-0.25, -0.2) is 0 Å². The Bertz CT molecular complexity index is 647. The van der Waals surface area contributed by atoms with Gasteiger partial charge in [-0.05, 0) is 47.0 Å². The predicted molar refractivity (Wildman–Crippen MR) is 76.1 cm³/mol. The van der Waals surface area contributed by atoms with Crippen molar-refractivity contribution >= 4 is 0 Å². The SMILES string of the molecule is Cc1cccc(OCc2cccc(C(C#N)N=O)c2)c1. The first kappa shape index (κ1) is 13.8. The minimum absolute atomic E-state index is 0.383. The zero-order chi connectivity index (χ0) is 14.4. The average molecular weight is 266 g/mol. The zero-order valence-corrected chi connectivity index (χ0v) is 11.1. The summed E-state index contributed by atoms with van der Waals surface area (Å²) in [5.74, 6) is 0.792. The molecular weight excluding hydrogens is 252 g/mol. The molecule has 0 saturated heterocycles. The van der Waals surface area contributed by atoms with E-state index in [9.17, 15) is 4.91 Å². The van der Waals surface area contributed by atoms with Crippen molar-refractivity contribution in [2.24, 2.45) is 5.18 Å². The molecule has 0 spiro atoms. The van der Waals surface area contributed by atoms with Crippen LogP contribution in [-0.4, -0.2) is 0 Å². The number of rotatable bonds is 5. The van der Waals surface area contributed by atoms with Crippen LogP contribution >= 0.6 is 0 Å². The molecule has 0 aliphatic rings. The number of hydrogen-bond acceptors (Lipinski definition) is 4. The monoisotopic (exact) mass is 266 g/mol. The lowest BCUT2D eigenvalue weighted by molar-refractivity contribution is 0.306. The van der Waals surface area contributed by atoms with Gasteiger partial charge in [-0.1, -0.05) is 30.3 Å². The van der Waals surface area contributed by atoms with E-state index in [2.05, 4.69) is 5.18 Å². The Labute approximate surface area is 117 Å². The number of ether oxygens (including phenoxy) is 1. The summed E-state index contributed by atoms with van der Waals surface area (Å²) in [6.45, 7) is 2.38. The largest absolute Gasteiger partial charge is 0.489 e. The van der Waals surface area contributed by atoms with Crippen molar-refractivity contribution in [1.82, 2.24) is 0 Å². The molecule has 2 aromatic rings. The number of nitrogens with zero attached hydrogens (tertiary/aromatic N) is 2. The summed E-state index contributed by atoms with van der Waals surface area (Å²) in [4.78, 5) is 10.6. The van der Waals surface area contributed by atoms with Crippen LogP contribution in [0.4, 0.5) is 0 Å². The minimum atomic E-state index is -0.964. The Morgan fingerprint density at radius 1 is 1.25 bits per heavy atom. The number of hydrogen-bond donors (Lipinski definition) is 0. The molecule has 0 fully saturated rings. The third-order valence-electron chi connectivity index (χ3n) is 2.89. The van der Waals surface area contributed by atoms with Gasteiger partial charge in [-0.3, -0.25) is 0 Å². The molecule has 1 unspecified atom stereocenters. The van der Waals surface area contributed by atoms with Crippen LogP contribution in [0.1, 0.15) is 22.7 Å². The van der Waals surface area contributed by atoms with E-state index in [-0.39, 0.29) is 0 Å². The van der Waals surface area contributed by atoms with Gasteiger partial charge in [-0.15, -0.1) is 4.91 Å². The molecule has 0 saturated carbocycles. The third-order valence-corrected chi connectivity index (χ3v) is 2.89. The van der Waals surface area contributed by atoms with Crippen molar-refractivity contribution in [2.45, 2.75) is 19.6 Å². The van der Waals surface area contributed by atoms with Gasteiger partial charge in [0, 0.05) is 0 Å². The Kier molecular flexibility index (Phi) is 4.46. The van der Waals surface area contributed by atoms with Crippen LogP contribution in [0, 0.1) is 23.2 Å². The topological polar surface area (TPSA) is 62.4 Å². The Morgan fingerprint density at radius 2 is 2.05 bits per heavy atom. The number of nitriles is 1. The molecular formula is C16H14N2O2. The quantitative estimate of drug-likeness (QED) is 0.771. The standard InChI is InChI=1S/C16H14N2O2/c1-12-4-2-7-15(8-12)20-11-13-5-3-6-14(9-13)16(10-17)18-19/h2-9,16H,11H2,1H3. The van der Waals surface area contributed by atoms with E-state index in [0.717, 1.165) is 16.9 Å². The molecule has 4 heteroatoms. The van der Waals surface area contributed by atoms with Crippen molar-refractivity contribution < 1.29 is 4.74 Å². The summed E-state index contributed by atoms with van der Waals surface area (Å²) in [6.07, 6.45) is 0. The highest BCUT2D eigenvalue weighted by Gasteiger charge is 2.10. The maximum atomic E-state index is 10.6. The Morgan fingerprint density at radius 3 is 2.75 bits per heavy atom. The first-order valence-corrected chi connectivity index (χ1v) is 6.23. The van der Waals surface area contributed by atoms with Crippen LogP contribution in [0.2, 0.25) is 0 Å². The molecule has 100 valence electrons. The maximum absolute atomic E-state index is 10.6. The zero-order valence-electron chi connectivity index (χ0n) is 11.1. The van der Waals surface area contributed by atoms with Gasteiger partial charge in [0.25, 0.3) is 0 Å².